The van der Waals surface area contributed by atoms with E-state index in [9.17, 15) is 5.11 Å². The highest BCUT2D eigenvalue weighted by molar-refractivity contribution is 5.68. The van der Waals surface area contributed by atoms with Crippen LogP contribution in [0.5, 0.6) is 5.75 Å². The fraction of sp³-hybridized carbons (Fsp3) is 0.200. The van der Waals surface area contributed by atoms with Crippen LogP contribution in [0.2, 0.25) is 0 Å². The number of aryl methyl sites for hydroxylation is 1. The van der Waals surface area contributed by atoms with E-state index < -0.39 is 0 Å². The van der Waals surface area contributed by atoms with Gasteiger partial charge in [0.1, 0.15) is 5.75 Å². The third-order valence-corrected chi connectivity index (χ3v) is 2.97. The zero-order valence-electron chi connectivity index (χ0n) is 10.1. The molecular weight excluding hydrogens is 210 g/mol. The smallest absolute Gasteiger partial charge is 0.115 e. The van der Waals surface area contributed by atoms with Gasteiger partial charge in [0.2, 0.25) is 0 Å². The average Bonchev–Trinajstić information content (AvgIpc) is 2.31. The largest absolute Gasteiger partial charge is 0.508 e. The van der Waals surface area contributed by atoms with E-state index in [0.29, 0.717) is 0 Å². The van der Waals surface area contributed by atoms with Crippen molar-refractivity contribution < 1.29 is 5.11 Å². The number of hydrogen-bond acceptors (Lipinski definition) is 2. The molecule has 0 radical (unpaired) electrons. The minimum Gasteiger partial charge on any atom is -0.508 e. The van der Waals surface area contributed by atoms with E-state index in [4.69, 9.17) is 5.73 Å². The standard InChI is InChI=1S/C15H17NO/c1-10-3-4-13(11(2)16)9-15(10)12-5-7-14(17)8-6-12/h3-9,11,17H,16H2,1-2H3. The molecule has 0 amide bonds. The van der Waals surface area contributed by atoms with Gasteiger partial charge in [0.25, 0.3) is 0 Å². The van der Waals surface area contributed by atoms with Gasteiger partial charge in [0, 0.05) is 6.04 Å². The van der Waals surface area contributed by atoms with Gasteiger partial charge in [-0.15, -0.1) is 0 Å². The Kier molecular flexibility index (Phi) is 3.16. The molecule has 0 aliphatic carbocycles. The fourth-order valence-corrected chi connectivity index (χ4v) is 1.87. The maximum absolute atomic E-state index is 9.30. The fourth-order valence-electron chi connectivity index (χ4n) is 1.87. The van der Waals surface area contributed by atoms with Crippen molar-refractivity contribution in [2.75, 3.05) is 0 Å². The lowest BCUT2D eigenvalue weighted by Crippen LogP contribution is -2.05. The van der Waals surface area contributed by atoms with Gasteiger partial charge in [-0.3, -0.25) is 0 Å². The van der Waals surface area contributed by atoms with Crippen molar-refractivity contribution in [2.24, 2.45) is 5.73 Å². The van der Waals surface area contributed by atoms with Crippen LogP contribution in [-0.2, 0) is 0 Å². The minimum absolute atomic E-state index is 0.0338. The molecule has 2 nitrogen and oxygen atoms in total. The van der Waals surface area contributed by atoms with Crippen LogP contribution in [0.15, 0.2) is 42.5 Å². The van der Waals surface area contributed by atoms with E-state index in [-0.39, 0.29) is 11.8 Å². The highest BCUT2D eigenvalue weighted by Crippen LogP contribution is 2.27. The first-order valence-corrected chi connectivity index (χ1v) is 5.73. The molecule has 0 saturated carbocycles. The summed E-state index contributed by atoms with van der Waals surface area (Å²) in [5.41, 5.74) is 10.5. The second-order valence-corrected chi connectivity index (χ2v) is 4.41. The lowest BCUT2D eigenvalue weighted by Gasteiger charge is -2.11. The van der Waals surface area contributed by atoms with Crippen LogP contribution in [0.4, 0.5) is 0 Å². The van der Waals surface area contributed by atoms with Gasteiger partial charge in [0.15, 0.2) is 0 Å². The number of phenolic OH excluding ortho intramolecular Hbond substituents is 1. The second kappa shape index (κ2) is 4.60. The topological polar surface area (TPSA) is 46.2 Å². The van der Waals surface area contributed by atoms with Gasteiger partial charge >= 0.3 is 0 Å². The van der Waals surface area contributed by atoms with Crippen LogP contribution in [0, 0.1) is 6.92 Å². The van der Waals surface area contributed by atoms with Crippen LogP contribution in [-0.4, -0.2) is 5.11 Å². The lowest BCUT2D eigenvalue weighted by molar-refractivity contribution is 0.475. The van der Waals surface area contributed by atoms with Gasteiger partial charge in [-0.1, -0.05) is 24.3 Å². The molecule has 2 aromatic rings. The zero-order valence-corrected chi connectivity index (χ0v) is 10.1. The van der Waals surface area contributed by atoms with Gasteiger partial charge in [-0.2, -0.15) is 0 Å². The molecule has 0 spiro atoms. The highest BCUT2D eigenvalue weighted by atomic mass is 16.3. The first-order chi connectivity index (χ1) is 8.08. The van der Waals surface area contributed by atoms with E-state index in [2.05, 4.69) is 25.1 Å². The predicted octanol–water partition coefficient (Wildman–Crippen LogP) is 3.39. The van der Waals surface area contributed by atoms with Gasteiger partial charge < -0.3 is 10.8 Å². The minimum atomic E-state index is 0.0338. The zero-order chi connectivity index (χ0) is 12.4. The van der Waals surface area contributed by atoms with Gasteiger partial charge in [-0.25, -0.2) is 0 Å². The summed E-state index contributed by atoms with van der Waals surface area (Å²) in [6, 6.07) is 13.5. The molecule has 1 unspecified atom stereocenters. The van der Waals surface area contributed by atoms with Crippen LogP contribution in [0.25, 0.3) is 11.1 Å². The summed E-state index contributed by atoms with van der Waals surface area (Å²) in [5, 5.41) is 9.30. The monoisotopic (exact) mass is 227 g/mol. The van der Waals surface area contributed by atoms with Gasteiger partial charge in [0.05, 0.1) is 0 Å². The van der Waals surface area contributed by atoms with E-state index in [1.54, 1.807) is 12.1 Å². The Labute approximate surface area is 102 Å². The molecule has 0 bridgehead atoms. The SMILES string of the molecule is Cc1ccc(C(C)N)cc1-c1ccc(O)cc1. The highest BCUT2D eigenvalue weighted by Gasteiger charge is 2.06. The summed E-state index contributed by atoms with van der Waals surface area (Å²) in [4.78, 5) is 0. The van der Waals surface area contributed by atoms with Crippen molar-refractivity contribution in [1.82, 2.24) is 0 Å². The Hall–Kier alpha value is -1.80. The first-order valence-electron chi connectivity index (χ1n) is 5.73. The molecule has 0 fully saturated rings. The lowest BCUT2D eigenvalue weighted by atomic mass is 9.96. The van der Waals surface area contributed by atoms with Crippen molar-refractivity contribution in [3.8, 4) is 16.9 Å². The third kappa shape index (κ3) is 2.48. The number of rotatable bonds is 2. The van der Waals surface area contributed by atoms with E-state index in [0.717, 1.165) is 11.1 Å². The molecule has 0 saturated heterocycles. The number of benzene rings is 2. The Morgan fingerprint density at radius 2 is 1.71 bits per heavy atom. The van der Waals surface area contributed by atoms with Crippen LogP contribution < -0.4 is 5.73 Å². The molecule has 0 aromatic heterocycles. The molecule has 1 atom stereocenters. The maximum Gasteiger partial charge on any atom is 0.115 e. The molecule has 2 aromatic carbocycles. The Morgan fingerprint density at radius 1 is 1.06 bits per heavy atom. The molecule has 0 aliphatic rings. The van der Waals surface area contributed by atoms with E-state index in [1.807, 2.05) is 19.1 Å². The Morgan fingerprint density at radius 3 is 2.29 bits per heavy atom. The number of aromatic hydroxyl groups is 1. The van der Waals surface area contributed by atoms with Crippen molar-refractivity contribution >= 4 is 0 Å². The summed E-state index contributed by atoms with van der Waals surface area (Å²) in [6.45, 7) is 4.05. The van der Waals surface area contributed by atoms with Crippen molar-refractivity contribution in [3.05, 3.63) is 53.6 Å². The molecule has 0 aliphatic heterocycles. The molecular formula is C15H17NO. The van der Waals surface area contributed by atoms with Crippen LogP contribution in [0.3, 0.4) is 0 Å². The number of hydrogen-bond donors (Lipinski definition) is 2. The predicted molar refractivity (Wildman–Crippen MR) is 70.9 cm³/mol. The number of nitrogens with two attached hydrogens (primary N) is 1. The molecule has 3 N–H and O–H groups in total. The van der Waals surface area contributed by atoms with Crippen molar-refractivity contribution in [3.63, 3.8) is 0 Å². The third-order valence-electron chi connectivity index (χ3n) is 2.97. The van der Waals surface area contributed by atoms with Crippen molar-refractivity contribution in [2.45, 2.75) is 19.9 Å². The molecule has 17 heavy (non-hydrogen) atoms. The quantitative estimate of drug-likeness (QED) is 0.826. The second-order valence-electron chi connectivity index (χ2n) is 4.41. The van der Waals surface area contributed by atoms with Crippen LogP contribution in [0.1, 0.15) is 24.1 Å². The van der Waals surface area contributed by atoms with Crippen LogP contribution >= 0.6 is 0 Å². The summed E-state index contributed by atoms with van der Waals surface area (Å²) >= 11 is 0. The molecule has 88 valence electrons. The van der Waals surface area contributed by atoms with Gasteiger partial charge in [-0.05, 0) is 54.3 Å². The maximum atomic E-state index is 9.30. The molecule has 0 heterocycles. The number of phenols is 1. The molecule has 2 rings (SSSR count). The van der Waals surface area contributed by atoms with E-state index >= 15 is 0 Å². The summed E-state index contributed by atoms with van der Waals surface area (Å²) in [6.07, 6.45) is 0. The van der Waals surface area contributed by atoms with E-state index in [1.165, 1.54) is 11.1 Å². The summed E-state index contributed by atoms with van der Waals surface area (Å²) in [7, 11) is 0. The van der Waals surface area contributed by atoms with Crippen molar-refractivity contribution in [1.29, 1.82) is 0 Å². The average molecular weight is 227 g/mol. The summed E-state index contributed by atoms with van der Waals surface area (Å²) in [5.74, 6) is 0.287. The Bertz CT molecular complexity index is 515. The molecule has 2 heteroatoms. The Balaban J connectivity index is 2.50. The normalized spacial score (nSPS) is 12.4. The first kappa shape index (κ1) is 11.7. The summed E-state index contributed by atoms with van der Waals surface area (Å²) < 4.78 is 0.